The number of hydrogen-bond donors (Lipinski definition) is 3. The smallest absolute Gasteiger partial charge is 0.254 e. The molecule has 0 aliphatic carbocycles. The molecular weight excluding hydrogens is 393 g/mol. The van der Waals surface area contributed by atoms with Gasteiger partial charge in [-0.15, -0.1) is 0 Å². The van der Waals surface area contributed by atoms with Crippen molar-refractivity contribution >= 4 is 34.2 Å². The maximum atomic E-state index is 14.4. The predicted molar refractivity (Wildman–Crippen MR) is 121 cm³/mol. The van der Waals surface area contributed by atoms with Crippen molar-refractivity contribution in [2.24, 2.45) is 0 Å². The molecular formula is C25H20FN3O2. The number of hydrogen-bond acceptors (Lipinski definition) is 4. The number of carbonyl (C=O) groups excluding carboxylic acids is 1. The van der Waals surface area contributed by atoms with Crippen LogP contribution in [0.1, 0.15) is 27.2 Å². The number of nitrogen functional groups attached to an aromatic ring is 1. The number of benzene rings is 3. The van der Waals surface area contributed by atoms with E-state index in [1.807, 2.05) is 42.5 Å². The Morgan fingerprint density at radius 1 is 1.03 bits per heavy atom. The fraction of sp³-hybridized carbons (Fsp3) is 0.0400. The van der Waals surface area contributed by atoms with Gasteiger partial charge in [-0.2, -0.15) is 0 Å². The van der Waals surface area contributed by atoms with Crippen LogP contribution in [0.4, 0.5) is 10.1 Å². The van der Waals surface area contributed by atoms with Gasteiger partial charge in [-0.3, -0.25) is 4.79 Å². The third-order valence-corrected chi connectivity index (χ3v) is 4.89. The molecule has 154 valence electrons. The summed E-state index contributed by atoms with van der Waals surface area (Å²) >= 11 is 0. The molecule has 4 aromatic rings. The molecule has 5 nitrogen and oxygen atoms in total. The van der Waals surface area contributed by atoms with Crippen molar-refractivity contribution in [2.45, 2.75) is 6.54 Å². The number of halogens is 1. The zero-order valence-electron chi connectivity index (χ0n) is 16.6. The zero-order valence-corrected chi connectivity index (χ0v) is 16.6. The summed E-state index contributed by atoms with van der Waals surface area (Å²) < 4.78 is 19.5. The molecule has 1 heterocycles. The number of fused-ring (bicyclic) bond motifs is 1. The number of furan rings is 1. The molecule has 0 saturated heterocycles. The molecule has 0 saturated carbocycles. The Morgan fingerprint density at radius 2 is 1.84 bits per heavy atom. The fourth-order valence-electron chi connectivity index (χ4n) is 3.25. The molecule has 0 unspecified atom stereocenters. The average molecular weight is 413 g/mol. The summed E-state index contributed by atoms with van der Waals surface area (Å²) in [6.45, 7) is 0.129. The number of carbonyl (C=O) groups is 1. The minimum absolute atomic E-state index is 0.0748. The van der Waals surface area contributed by atoms with Crippen molar-refractivity contribution in [1.82, 2.24) is 5.32 Å². The predicted octanol–water partition coefficient (Wildman–Crippen LogP) is 5.17. The summed E-state index contributed by atoms with van der Waals surface area (Å²) in [7, 11) is 0. The van der Waals surface area contributed by atoms with E-state index in [1.54, 1.807) is 24.3 Å². The lowest BCUT2D eigenvalue weighted by Crippen LogP contribution is -2.24. The van der Waals surface area contributed by atoms with E-state index < -0.39 is 11.7 Å². The van der Waals surface area contributed by atoms with Crippen LogP contribution in [0, 0.1) is 11.2 Å². The van der Waals surface area contributed by atoms with Crippen molar-refractivity contribution in [1.29, 1.82) is 5.41 Å². The van der Waals surface area contributed by atoms with Gasteiger partial charge in [0.05, 0.1) is 24.1 Å². The van der Waals surface area contributed by atoms with Gasteiger partial charge in [0.15, 0.2) is 0 Å². The SMILES string of the molecule is N=C(/C=C/c1ccc2ccccc2c1)c1cc(C(=O)NCc2ccco2)c(F)cc1N. The van der Waals surface area contributed by atoms with Crippen LogP contribution in [-0.4, -0.2) is 11.6 Å². The number of nitrogens with one attached hydrogen (secondary N) is 2. The molecule has 0 spiro atoms. The Labute approximate surface area is 178 Å². The molecule has 0 atom stereocenters. The first kappa shape index (κ1) is 20.1. The van der Waals surface area contributed by atoms with E-state index >= 15 is 0 Å². The number of nitrogens with two attached hydrogens (primary N) is 1. The summed E-state index contributed by atoms with van der Waals surface area (Å²) in [4.78, 5) is 12.4. The van der Waals surface area contributed by atoms with Crippen LogP contribution in [0.25, 0.3) is 16.8 Å². The first-order valence-electron chi connectivity index (χ1n) is 9.66. The van der Waals surface area contributed by atoms with Crippen molar-refractivity contribution in [3.63, 3.8) is 0 Å². The number of allylic oxidation sites excluding steroid dienone is 1. The average Bonchev–Trinajstić information content (AvgIpc) is 3.29. The first-order chi connectivity index (χ1) is 15.0. The molecule has 4 rings (SSSR count). The Morgan fingerprint density at radius 3 is 2.61 bits per heavy atom. The quantitative estimate of drug-likeness (QED) is 0.301. The summed E-state index contributed by atoms with van der Waals surface area (Å²) in [5, 5.41) is 13.2. The second kappa shape index (κ2) is 8.67. The van der Waals surface area contributed by atoms with Gasteiger partial charge in [0, 0.05) is 11.3 Å². The van der Waals surface area contributed by atoms with Crippen molar-refractivity contribution in [3.8, 4) is 0 Å². The first-order valence-corrected chi connectivity index (χ1v) is 9.66. The molecule has 0 aliphatic rings. The molecule has 1 aromatic heterocycles. The van der Waals surface area contributed by atoms with Crippen LogP contribution < -0.4 is 11.1 Å². The van der Waals surface area contributed by atoms with Crippen LogP contribution in [-0.2, 0) is 6.54 Å². The van der Waals surface area contributed by atoms with Crippen LogP contribution in [0.5, 0.6) is 0 Å². The molecule has 0 bridgehead atoms. The maximum Gasteiger partial charge on any atom is 0.254 e. The van der Waals surface area contributed by atoms with Crippen LogP contribution in [0.3, 0.4) is 0 Å². The third-order valence-electron chi connectivity index (χ3n) is 4.89. The second-order valence-electron chi connectivity index (χ2n) is 7.03. The number of anilines is 1. The van der Waals surface area contributed by atoms with Gasteiger partial charge >= 0.3 is 0 Å². The summed E-state index contributed by atoms with van der Waals surface area (Å²) in [5.74, 6) is -0.804. The lowest BCUT2D eigenvalue weighted by atomic mass is 10.0. The Balaban J connectivity index is 1.54. The normalized spacial score (nSPS) is 11.1. The standard InChI is InChI=1S/C25H20FN3O2/c26-22-14-24(28)21(13-20(22)25(30)29-15-19-6-3-11-31-19)23(27)10-8-16-7-9-17-4-1-2-5-18(17)12-16/h1-14,27H,15,28H2,(H,29,30)/b10-8+,27-23?. The van der Waals surface area contributed by atoms with E-state index in [0.717, 1.165) is 22.4 Å². The van der Waals surface area contributed by atoms with E-state index in [2.05, 4.69) is 5.32 Å². The maximum absolute atomic E-state index is 14.4. The fourth-order valence-corrected chi connectivity index (χ4v) is 3.25. The van der Waals surface area contributed by atoms with E-state index in [9.17, 15) is 9.18 Å². The monoisotopic (exact) mass is 413 g/mol. The highest BCUT2D eigenvalue weighted by Crippen LogP contribution is 2.21. The number of amides is 1. The molecule has 4 N–H and O–H groups in total. The van der Waals surface area contributed by atoms with Gasteiger partial charge in [-0.25, -0.2) is 4.39 Å². The molecule has 3 aromatic carbocycles. The van der Waals surface area contributed by atoms with E-state index in [1.165, 1.54) is 12.3 Å². The summed E-state index contributed by atoms with van der Waals surface area (Å²) in [5.41, 5.74) is 7.11. The van der Waals surface area contributed by atoms with Crippen molar-refractivity contribution in [2.75, 3.05) is 5.73 Å². The topological polar surface area (TPSA) is 92.1 Å². The van der Waals surface area contributed by atoms with E-state index in [-0.39, 0.29) is 29.1 Å². The lowest BCUT2D eigenvalue weighted by Gasteiger charge is -2.10. The molecule has 0 fully saturated rings. The van der Waals surface area contributed by atoms with Crippen molar-refractivity contribution < 1.29 is 13.6 Å². The zero-order chi connectivity index (χ0) is 21.8. The molecule has 0 radical (unpaired) electrons. The Kier molecular flexibility index (Phi) is 5.62. The highest BCUT2D eigenvalue weighted by Gasteiger charge is 2.16. The van der Waals surface area contributed by atoms with Crippen molar-refractivity contribution in [3.05, 3.63) is 107 Å². The molecule has 0 aliphatic heterocycles. The van der Waals surface area contributed by atoms with Gasteiger partial charge < -0.3 is 20.9 Å². The molecule has 6 heteroatoms. The van der Waals surface area contributed by atoms with Crippen LogP contribution >= 0.6 is 0 Å². The Hall–Kier alpha value is -4.19. The lowest BCUT2D eigenvalue weighted by molar-refractivity contribution is 0.0944. The minimum atomic E-state index is -0.746. The van der Waals surface area contributed by atoms with Gasteiger partial charge in [0.25, 0.3) is 5.91 Å². The second-order valence-corrected chi connectivity index (χ2v) is 7.03. The molecule has 31 heavy (non-hydrogen) atoms. The van der Waals surface area contributed by atoms with Crippen LogP contribution in [0.2, 0.25) is 0 Å². The molecule has 1 amide bonds. The largest absolute Gasteiger partial charge is 0.467 e. The van der Waals surface area contributed by atoms with Gasteiger partial charge in [0.1, 0.15) is 11.6 Å². The van der Waals surface area contributed by atoms with Crippen LogP contribution in [0.15, 0.2) is 83.5 Å². The summed E-state index contributed by atoms with van der Waals surface area (Å²) in [6, 6.07) is 19.7. The van der Waals surface area contributed by atoms with E-state index in [0.29, 0.717) is 5.76 Å². The third kappa shape index (κ3) is 4.53. The highest BCUT2D eigenvalue weighted by molar-refractivity contribution is 6.13. The van der Waals surface area contributed by atoms with Gasteiger partial charge in [-0.1, -0.05) is 42.5 Å². The minimum Gasteiger partial charge on any atom is -0.467 e. The van der Waals surface area contributed by atoms with Gasteiger partial charge in [-0.05, 0) is 52.7 Å². The van der Waals surface area contributed by atoms with Gasteiger partial charge in [0.2, 0.25) is 0 Å². The highest BCUT2D eigenvalue weighted by atomic mass is 19.1. The number of rotatable bonds is 6. The summed E-state index contributed by atoms with van der Waals surface area (Å²) in [6.07, 6.45) is 4.86. The van der Waals surface area contributed by atoms with E-state index in [4.69, 9.17) is 15.6 Å². The Bertz CT molecular complexity index is 1290.